The van der Waals surface area contributed by atoms with Crippen molar-refractivity contribution in [3.8, 4) is 0 Å². The van der Waals surface area contributed by atoms with E-state index in [0.717, 1.165) is 11.1 Å². The Morgan fingerprint density at radius 2 is 1.31 bits per heavy atom. The third kappa shape index (κ3) is 5.03. The van der Waals surface area contributed by atoms with Gasteiger partial charge in [0.2, 0.25) is 0 Å². The van der Waals surface area contributed by atoms with Gasteiger partial charge in [-0.25, -0.2) is 0 Å². The quantitative estimate of drug-likeness (QED) is 0.481. The molecule has 2 N–H and O–H groups in total. The van der Waals surface area contributed by atoms with Gasteiger partial charge in [-0.3, -0.25) is 0 Å². The number of alkyl halides is 1. The molecule has 0 bridgehead atoms. The normalized spacial score (nSPS) is 28.8. The largest absolute Gasteiger partial charge is 0.387 e. The van der Waals surface area contributed by atoms with Crippen molar-refractivity contribution in [2.45, 2.75) is 43.9 Å². The second-order valence-electron chi connectivity index (χ2n) is 6.23. The Hall–Kier alpha value is -1.03. The molecule has 5 unspecified atom stereocenters. The molecule has 1 saturated heterocycles. The van der Waals surface area contributed by atoms with E-state index in [4.69, 9.17) is 14.2 Å². The number of halogens is 1. The molecule has 26 heavy (non-hydrogen) atoms. The minimum Gasteiger partial charge on any atom is -0.387 e. The molecule has 0 aromatic heterocycles. The van der Waals surface area contributed by atoms with Gasteiger partial charge in [-0.15, -0.1) is 0 Å². The summed E-state index contributed by atoms with van der Waals surface area (Å²) < 4.78 is 17.9. The van der Waals surface area contributed by atoms with E-state index in [2.05, 4.69) is 22.6 Å². The number of benzene rings is 2. The van der Waals surface area contributed by atoms with E-state index in [1.54, 1.807) is 0 Å². The van der Waals surface area contributed by atoms with Crippen molar-refractivity contribution in [3.63, 3.8) is 0 Å². The lowest BCUT2D eigenvalue weighted by Gasteiger charge is -2.42. The minimum atomic E-state index is -1.19. The first-order valence-corrected chi connectivity index (χ1v) is 10.1. The second kappa shape index (κ2) is 9.77. The molecule has 3 rings (SSSR count). The molecule has 140 valence electrons. The van der Waals surface area contributed by atoms with Crippen LogP contribution in [0.4, 0.5) is 0 Å². The molecule has 0 saturated carbocycles. The SMILES string of the molecule is OC1OC(CI)C(OCc2ccccc2)C(O)C1OCc1ccccc1. The van der Waals surface area contributed by atoms with E-state index in [9.17, 15) is 10.2 Å². The molecular formula is C20H23IO5. The third-order valence-corrected chi connectivity index (χ3v) is 5.23. The Labute approximate surface area is 167 Å². The van der Waals surface area contributed by atoms with E-state index in [1.807, 2.05) is 60.7 Å². The van der Waals surface area contributed by atoms with Crippen LogP contribution in [-0.2, 0) is 27.4 Å². The Morgan fingerprint density at radius 1 is 0.808 bits per heavy atom. The fraction of sp³-hybridized carbons (Fsp3) is 0.400. The van der Waals surface area contributed by atoms with Crippen LogP contribution in [0, 0.1) is 0 Å². The average Bonchev–Trinajstić information content (AvgIpc) is 2.68. The van der Waals surface area contributed by atoms with Crippen molar-refractivity contribution >= 4 is 22.6 Å². The van der Waals surface area contributed by atoms with Crippen LogP contribution in [0.25, 0.3) is 0 Å². The van der Waals surface area contributed by atoms with Crippen molar-refractivity contribution in [2.24, 2.45) is 0 Å². The van der Waals surface area contributed by atoms with Crippen molar-refractivity contribution in [3.05, 3.63) is 71.8 Å². The number of aliphatic hydroxyl groups excluding tert-OH is 2. The van der Waals surface area contributed by atoms with Crippen LogP contribution in [0.15, 0.2) is 60.7 Å². The van der Waals surface area contributed by atoms with Gasteiger partial charge < -0.3 is 24.4 Å². The molecule has 1 aliphatic heterocycles. The molecule has 0 amide bonds. The van der Waals surface area contributed by atoms with Gasteiger partial charge in [0, 0.05) is 4.43 Å². The zero-order valence-corrected chi connectivity index (χ0v) is 16.4. The predicted octanol–water partition coefficient (Wildman–Crippen LogP) is 2.67. The van der Waals surface area contributed by atoms with Gasteiger partial charge in [0.1, 0.15) is 18.3 Å². The molecule has 1 aliphatic rings. The summed E-state index contributed by atoms with van der Waals surface area (Å²) in [5.41, 5.74) is 1.98. The second-order valence-corrected chi connectivity index (χ2v) is 7.11. The van der Waals surface area contributed by atoms with Gasteiger partial charge in [-0.2, -0.15) is 0 Å². The highest BCUT2D eigenvalue weighted by atomic mass is 127. The fourth-order valence-electron chi connectivity index (χ4n) is 2.95. The molecule has 0 spiro atoms. The first-order valence-electron chi connectivity index (χ1n) is 8.57. The number of ether oxygens (including phenoxy) is 3. The van der Waals surface area contributed by atoms with E-state index in [0.29, 0.717) is 11.0 Å². The highest BCUT2D eigenvalue weighted by Crippen LogP contribution is 2.27. The molecular weight excluding hydrogens is 447 g/mol. The van der Waals surface area contributed by atoms with Crippen molar-refractivity contribution in [1.82, 2.24) is 0 Å². The zero-order valence-electron chi connectivity index (χ0n) is 14.3. The summed E-state index contributed by atoms with van der Waals surface area (Å²) in [5.74, 6) is 0. The fourth-order valence-corrected chi connectivity index (χ4v) is 3.66. The summed E-state index contributed by atoms with van der Waals surface area (Å²) in [4.78, 5) is 0. The molecule has 0 aliphatic carbocycles. The number of hydrogen-bond donors (Lipinski definition) is 2. The van der Waals surface area contributed by atoms with E-state index in [-0.39, 0.29) is 6.61 Å². The van der Waals surface area contributed by atoms with Crippen LogP contribution in [-0.4, -0.2) is 45.3 Å². The van der Waals surface area contributed by atoms with Gasteiger partial charge >= 0.3 is 0 Å². The maximum atomic E-state index is 10.8. The average molecular weight is 470 g/mol. The van der Waals surface area contributed by atoms with Gasteiger partial charge in [-0.05, 0) is 11.1 Å². The molecule has 6 heteroatoms. The topological polar surface area (TPSA) is 68.2 Å². The van der Waals surface area contributed by atoms with Crippen molar-refractivity contribution < 1.29 is 24.4 Å². The van der Waals surface area contributed by atoms with Crippen LogP contribution in [0.3, 0.4) is 0 Å². The molecule has 1 fully saturated rings. The van der Waals surface area contributed by atoms with Gasteiger partial charge in [-0.1, -0.05) is 83.3 Å². The Balaban J connectivity index is 1.64. The van der Waals surface area contributed by atoms with Gasteiger partial charge in [0.15, 0.2) is 6.29 Å². The lowest BCUT2D eigenvalue weighted by atomic mass is 9.99. The monoisotopic (exact) mass is 470 g/mol. The van der Waals surface area contributed by atoms with Crippen LogP contribution in [0.2, 0.25) is 0 Å². The van der Waals surface area contributed by atoms with E-state index in [1.165, 1.54) is 0 Å². The highest BCUT2D eigenvalue weighted by molar-refractivity contribution is 14.1. The van der Waals surface area contributed by atoms with Crippen LogP contribution < -0.4 is 0 Å². The Bertz CT molecular complexity index is 654. The highest BCUT2D eigenvalue weighted by Gasteiger charge is 2.45. The van der Waals surface area contributed by atoms with Crippen LogP contribution >= 0.6 is 22.6 Å². The molecule has 5 nitrogen and oxygen atoms in total. The van der Waals surface area contributed by atoms with Crippen LogP contribution in [0.1, 0.15) is 11.1 Å². The maximum absolute atomic E-state index is 10.8. The number of hydrogen-bond acceptors (Lipinski definition) is 5. The zero-order chi connectivity index (χ0) is 18.4. The van der Waals surface area contributed by atoms with Crippen molar-refractivity contribution in [1.29, 1.82) is 0 Å². The summed E-state index contributed by atoms with van der Waals surface area (Å²) in [6, 6.07) is 19.4. The van der Waals surface area contributed by atoms with Crippen molar-refractivity contribution in [2.75, 3.05) is 4.43 Å². The minimum absolute atomic E-state index is 0.281. The van der Waals surface area contributed by atoms with Gasteiger partial charge in [0.05, 0.1) is 19.3 Å². The van der Waals surface area contributed by atoms with E-state index < -0.39 is 30.7 Å². The smallest absolute Gasteiger partial charge is 0.184 e. The molecule has 2 aromatic rings. The van der Waals surface area contributed by atoms with E-state index >= 15 is 0 Å². The summed E-state index contributed by atoms with van der Waals surface area (Å²) in [5, 5.41) is 21.0. The summed E-state index contributed by atoms with van der Waals surface area (Å²) in [7, 11) is 0. The molecule has 5 atom stereocenters. The maximum Gasteiger partial charge on any atom is 0.184 e. The summed E-state index contributed by atoms with van der Waals surface area (Å²) >= 11 is 2.17. The number of rotatable bonds is 7. The lowest BCUT2D eigenvalue weighted by Crippen LogP contribution is -2.59. The van der Waals surface area contributed by atoms with Gasteiger partial charge in [0.25, 0.3) is 0 Å². The molecule has 2 aromatic carbocycles. The summed E-state index contributed by atoms with van der Waals surface area (Å²) in [6.07, 6.45) is -4.01. The first kappa shape index (κ1) is 19.7. The predicted molar refractivity (Wildman–Crippen MR) is 106 cm³/mol. The molecule has 0 radical (unpaired) electrons. The standard InChI is InChI=1S/C20H23IO5/c21-11-16-18(24-12-14-7-3-1-4-8-14)17(22)19(20(23)26-16)25-13-15-9-5-2-6-10-15/h1-10,16-20,22-23H,11-13H2. The lowest BCUT2D eigenvalue weighted by molar-refractivity contribution is -0.297. The first-order chi connectivity index (χ1) is 12.7. The summed E-state index contributed by atoms with van der Waals surface area (Å²) in [6.45, 7) is 0.643. The third-order valence-electron chi connectivity index (χ3n) is 4.36. The Morgan fingerprint density at radius 3 is 1.81 bits per heavy atom. The Kier molecular flexibility index (Phi) is 7.42. The number of aliphatic hydroxyl groups is 2. The van der Waals surface area contributed by atoms with Crippen LogP contribution in [0.5, 0.6) is 0 Å². The molecule has 1 heterocycles.